The molecule has 24 heavy (non-hydrogen) atoms. The summed E-state index contributed by atoms with van der Waals surface area (Å²) in [6.07, 6.45) is -4.34. The maximum Gasteiger partial charge on any atom is 0.416 e. The van der Waals surface area contributed by atoms with E-state index in [2.05, 4.69) is 41.2 Å². The van der Waals surface area contributed by atoms with Crippen LogP contribution in [0.2, 0.25) is 0 Å². The summed E-state index contributed by atoms with van der Waals surface area (Å²) < 4.78 is 44.0. The topological polar surface area (TPSA) is 24.7 Å². The van der Waals surface area contributed by atoms with Gasteiger partial charge in [-0.05, 0) is 47.1 Å². The smallest absolute Gasteiger partial charge is 0.247 e. The standard InChI is InChI=1S/C16H9Br2F3N2S/c17-11-3-6-13(14(18)7-11)15-8-24(9-22-15)23-12-4-1-10(2-5-12)16(19,20)21/h1-9H. The van der Waals surface area contributed by atoms with Gasteiger partial charge in [-0.2, -0.15) is 13.2 Å². The Hall–Kier alpha value is -1.25. The minimum Gasteiger partial charge on any atom is -0.247 e. The van der Waals surface area contributed by atoms with Crippen molar-refractivity contribution in [1.29, 1.82) is 0 Å². The van der Waals surface area contributed by atoms with Crippen LogP contribution in [0.3, 0.4) is 0 Å². The Morgan fingerprint density at radius 1 is 1.00 bits per heavy atom. The SMILES string of the molecule is FC(F)(F)c1ccc(N=S2C=NC(c3ccc(Br)cc3Br)=C2)cc1. The van der Waals surface area contributed by atoms with Crippen molar-refractivity contribution in [2.45, 2.75) is 6.18 Å². The van der Waals surface area contributed by atoms with E-state index in [1.807, 2.05) is 23.6 Å². The summed E-state index contributed by atoms with van der Waals surface area (Å²) in [6.45, 7) is 0. The van der Waals surface area contributed by atoms with Gasteiger partial charge in [0, 0.05) is 19.9 Å². The maximum absolute atomic E-state index is 12.6. The van der Waals surface area contributed by atoms with E-state index in [9.17, 15) is 13.2 Å². The van der Waals surface area contributed by atoms with Gasteiger partial charge in [0.15, 0.2) is 0 Å². The molecule has 0 N–H and O–H groups in total. The normalized spacial score (nSPS) is 17.4. The van der Waals surface area contributed by atoms with Crippen LogP contribution in [-0.4, -0.2) is 5.55 Å². The lowest BCUT2D eigenvalue weighted by atomic mass is 10.2. The van der Waals surface area contributed by atoms with Gasteiger partial charge in [0.05, 0.1) is 22.5 Å². The molecule has 1 heterocycles. The highest BCUT2D eigenvalue weighted by Crippen LogP contribution is 2.32. The van der Waals surface area contributed by atoms with Crippen LogP contribution in [0.1, 0.15) is 11.1 Å². The fourth-order valence-corrected chi connectivity index (χ4v) is 4.41. The molecule has 1 atom stereocenters. The largest absolute Gasteiger partial charge is 0.416 e. The number of halogens is 5. The van der Waals surface area contributed by atoms with Gasteiger partial charge in [-0.1, -0.05) is 37.9 Å². The van der Waals surface area contributed by atoms with Crippen molar-refractivity contribution in [3.05, 3.63) is 67.9 Å². The second kappa shape index (κ2) is 6.93. The predicted octanol–water partition coefficient (Wildman–Crippen LogP) is 6.70. The molecule has 0 radical (unpaired) electrons. The molecule has 0 aromatic heterocycles. The van der Waals surface area contributed by atoms with Gasteiger partial charge in [0.2, 0.25) is 0 Å². The third-order valence-corrected chi connectivity index (χ3v) is 5.50. The molecule has 0 bridgehead atoms. The third-order valence-electron chi connectivity index (χ3n) is 3.14. The Morgan fingerprint density at radius 3 is 2.33 bits per heavy atom. The van der Waals surface area contributed by atoms with E-state index in [0.29, 0.717) is 5.69 Å². The van der Waals surface area contributed by atoms with E-state index >= 15 is 0 Å². The maximum atomic E-state index is 12.6. The zero-order chi connectivity index (χ0) is 17.3. The lowest BCUT2D eigenvalue weighted by Gasteiger charge is -2.05. The number of hydrogen-bond donors (Lipinski definition) is 0. The van der Waals surface area contributed by atoms with Crippen LogP contribution in [0.15, 0.2) is 66.2 Å². The van der Waals surface area contributed by atoms with E-state index in [0.717, 1.165) is 32.3 Å². The molecule has 0 saturated carbocycles. The van der Waals surface area contributed by atoms with Gasteiger partial charge >= 0.3 is 6.18 Å². The molecule has 8 heteroatoms. The summed E-state index contributed by atoms with van der Waals surface area (Å²) in [6, 6.07) is 10.6. The number of nitrogens with zero attached hydrogens (tertiary/aromatic N) is 2. The van der Waals surface area contributed by atoms with E-state index in [4.69, 9.17) is 0 Å². The predicted molar refractivity (Wildman–Crippen MR) is 99.2 cm³/mol. The Balaban J connectivity index is 1.85. The highest BCUT2D eigenvalue weighted by molar-refractivity contribution is 9.11. The molecule has 1 unspecified atom stereocenters. The van der Waals surface area contributed by atoms with E-state index in [1.54, 1.807) is 5.55 Å². The van der Waals surface area contributed by atoms with Crippen molar-refractivity contribution >= 4 is 59.5 Å². The quantitative estimate of drug-likeness (QED) is 0.459. The molecule has 124 valence electrons. The van der Waals surface area contributed by atoms with Crippen molar-refractivity contribution in [2.75, 3.05) is 0 Å². The molecule has 3 rings (SSSR count). The monoisotopic (exact) mass is 476 g/mol. The first-order chi connectivity index (χ1) is 11.3. The van der Waals surface area contributed by atoms with Crippen molar-refractivity contribution in [3.63, 3.8) is 0 Å². The minimum atomic E-state index is -4.34. The van der Waals surface area contributed by atoms with Crippen molar-refractivity contribution in [1.82, 2.24) is 0 Å². The van der Waals surface area contributed by atoms with Crippen LogP contribution in [0.4, 0.5) is 18.9 Å². The second-order valence-electron chi connectivity index (χ2n) is 4.84. The fraction of sp³-hybridized carbons (Fsp3) is 0.0625. The molecular weight excluding hydrogens is 469 g/mol. The Morgan fingerprint density at radius 2 is 1.71 bits per heavy atom. The lowest BCUT2D eigenvalue weighted by Crippen LogP contribution is -2.03. The van der Waals surface area contributed by atoms with Crippen LogP contribution in [0.5, 0.6) is 0 Å². The van der Waals surface area contributed by atoms with E-state index in [-0.39, 0.29) is 0 Å². The molecule has 2 aromatic rings. The zero-order valence-corrected chi connectivity index (χ0v) is 15.9. The summed E-state index contributed by atoms with van der Waals surface area (Å²) in [4.78, 5) is 4.36. The Labute approximate surface area is 155 Å². The van der Waals surface area contributed by atoms with Gasteiger partial charge in [-0.15, -0.1) is 0 Å². The Bertz CT molecular complexity index is 872. The lowest BCUT2D eigenvalue weighted by molar-refractivity contribution is -0.137. The molecular formula is C16H9Br2F3N2S. The molecule has 0 aliphatic carbocycles. The summed E-state index contributed by atoms with van der Waals surface area (Å²) in [5.74, 6) is 0. The zero-order valence-electron chi connectivity index (χ0n) is 11.9. The third kappa shape index (κ3) is 4.04. The second-order valence-corrected chi connectivity index (χ2v) is 7.94. The number of hydrogen-bond acceptors (Lipinski definition) is 2. The van der Waals surface area contributed by atoms with E-state index in [1.165, 1.54) is 12.1 Å². The molecule has 1 aliphatic rings. The first-order valence-electron chi connectivity index (χ1n) is 6.65. The van der Waals surface area contributed by atoms with Gasteiger partial charge in [0.1, 0.15) is 0 Å². The average molecular weight is 478 g/mol. The van der Waals surface area contributed by atoms with Gasteiger partial charge in [-0.3, -0.25) is 0 Å². The molecule has 0 fully saturated rings. The summed E-state index contributed by atoms with van der Waals surface area (Å²) in [5, 5.41) is 1.89. The molecule has 2 aromatic carbocycles. The highest BCUT2D eigenvalue weighted by atomic mass is 79.9. The number of benzene rings is 2. The summed E-state index contributed by atoms with van der Waals surface area (Å²) in [7, 11) is -0.593. The first-order valence-corrected chi connectivity index (χ1v) is 9.55. The van der Waals surface area contributed by atoms with Crippen LogP contribution in [0.25, 0.3) is 5.70 Å². The van der Waals surface area contributed by atoms with Crippen LogP contribution >= 0.6 is 31.9 Å². The number of rotatable bonds is 2. The average Bonchev–Trinajstić information content (AvgIpc) is 2.95. The van der Waals surface area contributed by atoms with Gasteiger partial charge < -0.3 is 0 Å². The van der Waals surface area contributed by atoms with Crippen LogP contribution < -0.4 is 0 Å². The van der Waals surface area contributed by atoms with Crippen LogP contribution in [0, 0.1) is 0 Å². The molecule has 2 nitrogen and oxygen atoms in total. The molecule has 0 amide bonds. The fourth-order valence-electron chi connectivity index (χ4n) is 2.00. The van der Waals surface area contributed by atoms with Gasteiger partial charge in [0.25, 0.3) is 0 Å². The number of aliphatic imine (C=N–C) groups is 1. The summed E-state index contributed by atoms with van der Waals surface area (Å²) in [5.41, 5.74) is 3.23. The first kappa shape index (κ1) is 17.6. The highest BCUT2D eigenvalue weighted by Gasteiger charge is 2.29. The van der Waals surface area contributed by atoms with Crippen LogP contribution in [-0.2, 0) is 16.9 Å². The minimum absolute atomic E-state index is 0.491. The van der Waals surface area contributed by atoms with Crippen molar-refractivity contribution < 1.29 is 13.2 Å². The summed E-state index contributed by atoms with van der Waals surface area (Å²) >= 11 is 6.89. The van der Waals surface area contributed by atoms with E-state index < -0.39 is 22.4 Å². The molecule has 1 aliphatic heterocycles. The molecule has 0 spiro atoms. The number of alkyl halides is 3. The molecule has 0 saturated heterocycles. The Kier molecular flexibility index (Phi) is 5.08. The van der Waals surface area contributed by atoms with Crippen molar-refractivity contribution in [3.8, 4) is 0 Å². The van der Waals surface area contributed by atoms with Crippen molar-refractivity contribution in [2.24, 2.45) is 9.36 Å². The van der Waals surface area contributed by atoms with Gasteiger partial charge in [-0.25, -0.2) is 9.36 Å².